The molecule has 0 unspecified atom stereocenters. The number of nitro groups is 1. The van der Waals surface area contributed by atoms with Crippen LogP contribution in [0.25, 0.3) is 0 Å². The Morgan fingerprint density at radius 1 is 1.56 bits per heavy atom. The molecule has 0 spiro atoms. The molecule has 1 aromatic carbocycles. The number of hydrogen-bond acceptors (Lipinski definition) is 6. The van der Waals surface area contributed by atoms with E-state index in [9.17, 15) is 10.1 Å². The summed E-state index contributed by atoms with van der Waals surface area (Å²) < 4.78 is 5.35. The summed E-state index contributed by atoms with van der Waals surface area (Å²) in [7, 11) is 3.76. The molecule has 0 atom stereocenters. The van der Waals surface area contributed by atoms with Gasteiger partial charge in [0.1, 0.15) is 6.61 Å². The highest BCUT2D eigenvalue weighted by molar-refractivity contribution is 5.87. The van der Waals surface area contributed by atoms with Gasteiger partial charge >= 0.3 is 5.69 Å². The first-order valence-corrected chi connectivity index (χ1v) is 5.31. The molecule has 0 amide bonds. The summed E-state index contributed by atoms with van der Waals surface area (Å²) in [5.41, 5.74) is 6.08. The molecule has 0 saturated heterocycles. The van der Waals surface area contributed by atoms with E-state index in [4.69, 9.17) is 15.9 Å². The summed E-state index contributed by atoms with van der Waals surface area (Å²) in [4.78, 5) is 12.3. The maximum atomic E-state index is 10.9. The summed E-state index contributed by atoms with van der Waals surface area (Å²) in [5.74, 6) is 0.130. The van der Waals surface area contributed by atoms with E-state index in [2.05, 4.69) is 0 Å². The molecule has 0 heterocycles. The Labute approximate surface area is 105 Å². The Kier molecular flexibility index (Phi) is 4.61. The van der Waals surface area contributed by atoms with Crippen molar-refractivity contribution in [2.24, 2.45) is 0 Å². The van der Waals surface area contributed by atoms with Crippen molar-refractivity contribution in [2.45, 2.75) is 0 Å². The third-order valence-electron chi connectivity index (χ3n) is 2.31. The van der Waals surface area contributed by atoms with E-state index in [1.54, 1.807) is 0 Å². The van der Waals surface area contributed by atoms with Crippen LogP contribution < -0.4 is 10.5 Å². The van der Waals surface area contributed by atoms with Crippen LogP contribution in [0, 0.1) is 15.5 Å². The Balaban J connectivity index is 2.98. The lowest BCUT2D eigenvalue weighted by Crippen LogP contribution is -2.19. The number of likely N-dealkylation sites (N-methyl/N-ethyl adjacent to an activating group) is 1. The zero-order valence-corrected chi connectivity index (χ0v) is 10.3. The molecule has 1 aromatic rings. The molecule has 18 heavy (non-hydrogen) atoms. The average Bonchev–Trinajstić information content (AvgIpc) is 2.28. The van der Waals surface area contributed by atoms with Crippen molar-refractivity contribution in [3.05, 3.63) is 27.8 Å². The van der Waals surface area contributed by atoms with Crippen molar-refractivity contribution in [2.75, 3.05) is 33.0 Å². The zero-order chi connectivity index (χ0) is 13.7. The molecule has 0 aliphatic heterocycles. The lowest BCUT2D eigenvalue weighted by atomic mass is 10.1. The molecule has 0 aliphatic rings. The quantitative estimate of drug-likeness (QED) is 0.341. The average molecular weight is 252 g/mol. The van der Waals surface area contributed by atoms with Gasteiger partial charge in [0.25, 0.3) is 0 Å². The number of nitrogens with two attached hydrogens (primary N) is 1. The number of anilines is 1. The summed E-state index contributed by atoms with van der Waals surface area (Å²) in [6.07, 6.45) is 0.978. The van der Waals surface area contributed by atoms with Crippen LogP contribution in [0.4, 0.5) is 11.4 Å². The molecule has 0 saturated carbocycles. The highest BCUT2D eigenvalue weighted by Gasteiger charge is 2.17. The van der Waals surface area contributed by atoms with Crippen LogP contribution in [0.2, 0.25) is 0 Å². The predicted octanol–water partition coefficient (Wildman–Crippen LogP) is 1.12. The van der Waals surface area contributed by atoms with Gasteiger partial charge in [-0.15, -0.1) is 0 Å². The second-order valence-electron chi connectivity index (χ2n) is 4.00. The van der Waals surface area contributed by atoms with Crippen LogP contribution in [-0.2, 0) is 0 Å². The van der Waals surface area contributed by atoms with Crippen LogP contribution in [-0.4, -0.2) is 43.3 Å². The molecule has 0 fully saturated rings. The monoisotopic (exact) mass is 252 g/mol. The van der Waals surface area contributed by atoms with Gasteiger partial charge in [-0.3, -0.25) is 10.1 Å². The van der Waals surface area contributed by atoms with E-state index in [0.29, 0.717) is 18.7 Å². The number of nitro benzene ring substituents is 1. The smallest absolute Gasteiger partial charge is 0.311 e. The summed E-state index contributed by atoms with van der Waals surface area (Å²) in [6, 6.07) is 2.63. The van der Waals surface area contributed by atoms with Gasteiger partial charge in [-0.25, -0.2) is 0 Å². The van der Waals surface area contributed by atoms with E-state index < -0.39 is 4.92 Å². The van der Waals surface area contributed by atoms with Crippen LogP contribution >= 0.6 is 0 Å². The van der Waals surface area contributed by atoms with Gasteiger partial charge < -0.3 is 20.8 Å². The molecule has 0 aromatic heterocycles. The molecule has 7 nitrogen and oxygen atoms in total. The maximum Gasteiger partial charge on any atom is 0.311 e. The van der Waals surface area contributed by atoms with E-state index in [-0.39, 0.29) is 17.1 Å². The molecule has 98 valence electrons. The number of ether oxygens (including phenoxy) is 1. The molecule has 0 radical (unpaired) electrons. The van der Waals surface area contributed by atoms with Gasteiger partial charge in [0.05, 0.1) is 4.92 Å². The predicted molar refractivity (Wildman–Crippen MR) is 69.4 cm³/mol. The summed E-state index contributed by atoms with van der Waals surface area (Å²) in [5, 5.41) is 18.0. The molecule has 7 heteroatoms. The van der Waals surface area contributed by atoms with E-state index in [0.717, 1.165) is 6.21 Å². The first-order valence-electron chi connectivity index (χ1n) is 5.31. The van der Waals surface area contributed by atoms with Gasteiger partial charge in [0.2, 0.25) is 0 Å². The number of nitrogens with one attached hydrogen (secondary N) is 1. The van der Waals surface area contributed by atoms with Gasteiger partial charge in [-0.05, 0) is 14.1 Å². The van der Waals surface area contributed by atoms with Crippen LogP contribution in [0.15, 0.2) is 12.1 Å². The van der Waals surface area contributed by atoms with Gasteiger partial charge in [-0.1, -0.05) is 0 Å². The minimum atomic E-state index is -0.544. The van der Waals surface area contributed by atoms with Crippen molar-refractivity contribution in [3.8, 4) is 5.75 Å². The van der Waals surface area contributed by atoms with E-state index >= 15 is 0 Å². The fraction of sp³-hybridized carbons (Fsp3) is 0.364. The van der Waals surface area contributed by atoms with Gasteiger partial charge in [0.15, 0.2) is 5.75 Å². The summed E-state index contributed by atoms with van der Waals surface area (Å²) >= 11 is 0. The summed E-state index contributed by atoms with van der Waals surface area (Å²) in [6.45, 7) is 0.973. The van der Waals surface area contributed by atoms with Crippen molar-refractivity contribution < 1.29 is 9.66 Å². The fourth-order valence-corrected chi connectivity index (χ4v) is 1.32. The third kappa shape index (κ3) is 3.42. The van der Waals surface area contributed by atoms with Crippen molar-refractivity contribution in [3.63, 3.8) is 0 Å². The van der Waals surface area contributed by atoms with Crippen LogP contribution in [0.1, 0.15) is 5.56 Å². The minimum Gasteiger partial charge on any atom is -0.485 e. The molecular formula is C11H16N4O3. The van der Waals surface area contributed by atoms with Crippen molar-refractivity contribution in [1.82, 2.24) is 4.90 Å². The Bertz CT molecular complexity index is 460. The molecule has 0 bridgehead atoms. The first-order chi connectivity index (χ1) is 8.45. The van der Waals surface area contributed by atoms with Crippen molar-refractivity contribution in [1.29, 1.82) is 5.41 Å². The maximum absolute atomic E-state index is 10.9. The number of benzene rings is 1. The van der Waals surface area contributed by atoms with E-state index in [1.807, 2.05) is 19.0 Å². The molecule has 3 N–H and O–H groups in total. The van der Waals surface area contributed by atoms with Gasteiger partial charge in [0, 0.05) is 36.1 Å². The zero-order valence-electron chi connectivity index (χ0n) is 10.3. The topological polar surface area (TPSA) is 105 Å². The SMILES string of the molecule is CN(C)CCOc1cc(N)c(C=N)cc1[N+](=O)[O-]. The molecular weight excluding hydrogens is 236 g/mol. The van der Waals surface area contributed by atoms with Crippen molar-refractivity contribution >= 4 is 17.6 Å². The number of hydrogen-bond donors (Lipinski definition) is 2. The van der Waals surface area contributed by atoms with Crippen LogP contribution in [0.5, 0.6) is 5.75 Å². The standard InChI is InChI=1S/C11H16N4O3/c1-14(2)3-4-18-11-6-9(13)8(7-12)5-10(11)15(16)17/h5-7,12H,3-4,13H2,1-2H3. The third-order valence-corrected chi connectivity index (χ3v) is 2.31. The normalized spacial score (nSPS) is 10.4. The van der Waals surface area contributed by atoms with Crippen LogP contribution in [0.3, 0.4) is 0 Å². The lowest BCUT2D eigenvalue weighted by molar-refractivity contribution is -0.385. The number of rotatable bonds is 6. The second kappa shape index (κ2) is 5.97. The second-order valence-corrected chi connectivity index (χ2v) is 4.00. The Morgan fingerprint density at radius 2 is 2.22 bits per heavy atom. The fourth-order valence-electron chi connectivity index (χ4n) is 1.32. The largest absolute Gasteiger partial charge is 0.485 e. The Hall–Kier alpha value is -2.15. The first kappa shape index (κ1) is 13.9. The minimum absolute atomic E-state index is 0.130. The lowest BCUT2D eigenvalue weighted by Gasteiger charge is -2.12. The van der Waals surface area contributed by atoms with E-state index in [1.165, 1.54) is 12.1 Å². The molecule has 0 aliphatic carbocycles. The number of nitrogen functional groups attached to an aromatic ring is 1. The highest BCUT2D eigenvalue weighted by atomic mass is 16.6. The Morgan fingerprint density at radius 3 is 2.72 bits per heavy atom. The number of nitrogens with zero attached hydrogens (tertiary/aromatic N) is 2. The molecule has 1 rings (SSSR count). The van der Waals surface area contributed by atoms with Gasteiger partial charge in [-0.2, -0.15) is 0 Å². The highest BCUT2D eigenvalue weighted by Crippen LogP contribution is 2.31.